The van der Waals surface area contributed by atoms with E-state index in [1.54, 1.807) is 42.5 Å². The molecule has 0 saturated heterocycles. The van der Waals surface area contributed by atoms with Gasteiger partial charge >= 0.3 is 13.7 Å². The maximum atomic E-state index is 14.5. The van der Waals surface area contributed by atoms with Gasteiger partial charge in [0.25, 0.3) is 0 Å². The number of carbonyl (C=O) groups is 1. The van der Waals surface area contributed by atoms with E-state index in [4.69, 9.17) is 19.5 Å². The standard InChI is InChI=1S/C30H37N6O7P/c31-16-30(14-22(26(37)27(30)38)23-12-13-24-28(32)33-18-34-36(23)24)17-42-44(40,43-21-8-2-1-3-9-21)35-25(20-6-4-5-7-20)29(39)41-15-19-10-11-19/h1-3,8-9,12-13,18-20,22,25-27,37-38H,4-7,10-11,14-15,17H2,(H,35,40)(H2,32,33,34)/t22-,25?,26-,27-,30-,44?/m0/s1. The number of para-hydroxylation sites is 1. The van der Waals surface area contributed by atoms with Crippen LogP contribution in [0.15, 0.2) is 48.8 Å². The van der Waals surface area contributed by atoms with E-state index < -0.39 is 49.9 Å². The highest BCUT2D eigenvalue weighted by Gasteiger charge is 2.56. The summed E-state index contributed by atoms with van der Waals surface area (Å²) in [6.45, 7) is -0.243. The van der Waals surface area contributed by atoms with Crippen molar-refractivity contribution < 1.29 is 33.4 Å². The monoisotopic (exact) mass is 624 g/mol. The Morgan fingerprint density at radius 1 is 1.18 bits per heavy atom. The van der Waals surface area contributed by atoms with Crippen LogP contribution in [0.1, 0.15) is 56.6 Å². The molecule has 3 aromatic rings. The molecular formula is C30H37N6O7P. The van der Waals surface area contributed by atoms with Crippen molar-refractivity contribution in [2.24, 2.45) is 17.3 Å². The number of aliphatic hydroxyl groups is 2. The molecule has 44 heavy (non-hydrogen) atoms. The summed E-state index contributed by atoms with van der Waals surface area (Å²) in [5.74, 6) is -0.554. The molecule has 0 spiro atoms. The van der Waals surface area contributed by atoms with Gasteiger partial charge in [0, 0.05) is 11.6 Å². The summed E-state index contributed by atoms with van der Waals surface area (Å²) < 4.78 is 33.4. The van der Waals surface area contributed by atoms with Crippen LogP contribution in [0.25, 0.3) is 5.52 Å². The number of aliphatic hydroxyl groups excluding tert-OH is 2. The van der Waals surface area contributed by atoms with Crippen molar-refractivity contribution in [1.29, 1.82) is 5.26 Å². The van der Waals surface area contributed by atoms with Crippen LogP contribution >= 0.6 is 7.75 Å². The predicted octanol–water partition coefficient (Wildman–Crippen LogP) is 3.34. The second-order valence-corrected chi connectivity index (χ2v) is 13.8. The fourth-order valence-corrected chi connectivity index (χ4v) is 7.94. The van der Waals surface area contributed by atoms with E-state index in [1.807, 2.05) is 0 Å². The van der Waals surface area contributed by atoms with Crippen LogP contribution in [-0.4, -0.2) is 62.2 Å². The van der Waals surface area contributed by atoms with Crippen LogP contribution in [0, 0.1) is 28.6 Å². The van der Waals surface area contributed by atoms with E-state index in [-0.39, 0.29) is 23.9 Å². The van der Waals surface area contributed by atoms with Gasteiger partial charge in [-0.3, -0.25) is 9.32 Å². The Labute approximate surface area is 254 Å². The number of ether oxygens (including phenoxy) is 1. The lowest BCUT2D eigenvalue weighted by atomic mass is 9.86. The quantitative estimate of drug-likeness (QED) is 0.170. The minimum Gasteiger partial charge on any atom is -0.464 e. The molecule has 3 aliphatic rings. The Hall–Kier alpha value is -3.53. The molecule has 14 heteroatoms. The topological polar surface area (TPSA) is 194 Å². The van der Waals surface area contributed by atoms with Crippen molar-refractivity contribution >= 4 is 25.1 Å². The number of fused-ring (bicyclic) bond motifs is 1. The number of nitriles is 1. The summed E-state index contributed by atoms with van der Waals surface area (Å²) in [4.78, 5) is 17.3. The second kappa shape index (κ2) is 12.5. The maximum Gasteiger partial charge on any atom is 0.459 e. The first-order valence-electron chi connectivity index (χ1n) is 15.0. The molecule has 2 heterocycles. The number of carbonyl (C=O) groups excluding carboxylic acids is 1. The molecule has 2 unspecified atom stereocenters. The largest absolute Gasteiger partial charge is 0.464 e. The molecule has 2 aromatic heterocycles. The van der Waals surface area contributed by atoms with Gasteiger partial charge in [-0.15, -0.1) is 0 Å². The SMILES string of the molecule is N#C[C@]1(COP(=O)(NC(C(=O)OCC2CC2)C2CCCC2)Oc2ccccc2)C[C@@H](c2ccc3c(N)ncnn23)[C@H](O)[C@@H]1O. The average Bonchev–Trinajstić information content (AvgIpc) is 3.40. The summed E-state index contributed by atoms with van der Waals surface area (Å²) >= 11 is 0. The number of hydrogen-bond donors (Lipinski definition) is 4. The third kappa shape index (κ3) is 6.18. The first-order valence-corrected chi connectivity index (χ1v) is 16.6. The molecule has 6 atom stereocenters. The first kappa shape index (κ1) is 30.5. The molecule has 0 bridgehead atoms. The van der Waals surface area contributed by atoms with Crippen molar-refractivity contribution in [1.82, 2.24) is 19.7 Å². The summed E-state index contributed by atoms with van der Waals surface area (Å²) in [6.07, 6.45) is 3.70. The number of esters is 1. The number of benzene rings is 1. The third-order valence-electron chi connectivity index (χ3n) is 9.04. The number of nitrogens with two attached hydrogens (primary N) is 1. The van der Waals surface area contributed by atoms with Gasteiger partial charge < -0.3 is 25.2 Å². The van der Waals surface area contributed by atoms with Gasteiger partial charge in [-0.05, 0) is 68.2 Å². The number of nitrogens with one attached hydrogen (secondary N) is 1. The van der Waals surface area contributed by atoms with Gasteiger partial charge in [0.05, 0.1) is 25.4 Å². The van der Waals surface area contributed by atoms with E-state index in [2.05, 4.69) is 21.2 Å². The van der Waals surface area contributed by atoms with Crippen molar-refractivity contribution in [2.45, 2.75) is 69.1 Å². The number of nitrogens with zero attached hydrogens (tertiary/aromatic N) is 4. The normalized spacial score (nSPS) is 27.5. The van der Waals surface area contributed by atoms with Crippen LogP contribution < -0.4 is 15.3 Å². The van der Waals surface area contributed by atoms with Gasteiger partial charge in [-0.1, -0.05) is 31.0 Å². The smallest absolute Gasteiger partial charge is 0.459 e. The Kier molecular flexibility index (Phi) is 8.64. The molecule has 1 aromatic carbocycles. The number of nitrogen functional groups attached to an aromatic ring is 1. The molecule has 5 N–H and O–H groups in total. The zero-order valence-electron chi connectivity index (χ0n) is 24.2. The van der Waals surface area contributed by atoms with E-state index in [0.29, 0.717) is 23.7 Å². The fourth-order valence-electron chi connectivity index (χ4n) is 6.30. The summed E-state index contributed by atoms with van der Waals surface area (Å²) in [7, 11) is -4.35. The molecular weight excluding hydrogens is 587 g/mol. The second-order valence-electron chi connectivity index (χ2n) is 12.1. The van der Waals surface area contributed by atoms with E-state index in [9.17, 15) is 24.8 Å². The third-order valence-corrected chi connectivity index (χ3v) is 10.6. The van der Waals surface area contributed by atoms with Gasteiger partial charge in [0.2, 0.25) is 0 Å². The Morgan fingerprint density at radius 2 is 1.93 bits per heavy atom. The lowest BCUT2D eigenvalue weighted by Crippen LogP contribution is -2.44. The number of hydrogen-bond acceptors (Lipinski definition) is 11. The van der Waals surface area contributed by atoms with Crippen LogP contribution in [-0.2, 0) is 18.6 Å². The van der Waals surface area contributed by atoms with Crippen LogP contribution in [0.2, 0.25) is 0 Å². The van der Waals surface area contributed by atoms with Crippen LogP contribution in [0.3, 0.4) is 0 Å². The molecule has 13 nitrogen and oxygen atoms in total. The minimum absolute atomic E-state index is 0.0390. The van der Waals surface area contributed by atoms with E-state index in [1.165, 1.54) is 10.8 Å². The van der Waals surface area contributed by atoms with Gasteiger partial charge in [0.1, 0.15) is 35.2 Å². The molecule has 0 radical (unpaired) electrons. The summed E-state index contributed by atoms with van der Waals surface area (Å²) in [5.41, 5.74) is 5.35. The number of anilines is 1. The zero-order chi connectivity index (χ0) is 30.9. The maximum absolute atomic E-state index is 14.5. The van der Waals surface area contributed by atoms with E-state index >= 15 is 0 Å². The lowest BCUT2D eigenvalue weighted by Gasteiger charge is -2.31. The highest BCUT2D eigenvalue weighted by molar-refractivity contribution is 7.52. The van der Waals surface area contributed by atoms with E-state index in [0.717, 1.165) is 38.5 Å². The van der Waals surface area contributed by atoms with Crippen LogP contribution in [0.5, 0.6) is 5.75 Å². The predicted molar refractivity (Wildman–Crippen MR) is 158 cm³/mol. The Bertz CT molecular complexity index is 1570. The Balaban J connectivity index is 1.26. The lowest BCUT2D eigenvalue weighted by molar-refractivity contribution is -0.147. The summed E-state index contributed by atoms with van der Waals surface area (Å²) in [6, 6.07) is 13.0. The fraction of sp³-hybridized carbons (Fsp3) is 0.533. The summed E-state index contributed by atoms with van der Waals surface area (Å²) in [5, 5.41) is 39.8. The molecule has 3 fully saturated rings. The molecule has 3 saturated carbocycles. The minimum atomic E-state index is -4.35. The Morgan fingerprint density at radius 3 is 2.64 bits per heavy atom. The highest BCUT2D eigenvalue weighted by Crippen LogP contribution is 2.52. The van der Waals surface area contributed by atoms with Gasteiger partial charge in [0.15, 0.2) is 5.82 Å². The molecule has 234 valence electrons. The highest BCUT2D eigenvalue weighted by atomic mass is 31.2. The molecule has 6 rings (SSSR count). The van der Waals surface area contributed by atoms with Gasteiger partial charge in [-0.25, -0.2) is 14.1 Å². The van der Waals surface area contributed by atoms with Crippen molar-refractivity contribution in [2.75, 3.05) is 18.9 Å². The molecule has 0 amide bonds. The number of aromatic nitrogens is 3. The van der Waals surface area contributed by atoms with Crippen molar-refractivity contribution in [3.8, 4) is 11.8 Å². The zero-order valence-corrected chi connectivity index (χ0v) is 25.1. The first-order chi connectivity index (χ1) is 21.2. The van der Waals surface area contributed by atoms with Crippen molar-refractivity contribution in [3.63, 3.8) is 0 Å². The van der Waals surface area contributed by atoms with Crippen LogP contribution in [0.4, 0.5) is 5.82 Å². The molecule has 0 aliphatic heterocycles. The van der Waals surface area contributed by atoms with Gasteiger partial charge in [-0.2, -0.15) is 15.4 Å². The number of rotatable bonds is 12. The molecule has 3 aliphatic carbocycles. The van der Waals surface area contributed by atoms with Crippen molar-refractivity contribution in [3.05, 3.63) is 54.5 Å². The average molecular weight is 625 g/mol.